The van der Waals surface area contributed by atoms with Gasteiger partial charge in [-0.2, -0.15) is 0 Å². The molecule has 58 valence electrons. The fourth-order valence-electron chi connectivity index (χ4n) is 0.557. The zero-order valence-electron chi connectivity index (χ0n) is 5.03. The highest BCUT2D eigenvalue weighted by Gasteiger charge is 2.24. The average molecular weight is 256 g/mol. The van der Waals surface area contributed by atoms with E-state index in [0.29, 0.717) is 0 Å². The molecule has 0 N–H and O–H groups in total. The third kappa shape index (κ3) is 1.55. The molecule has 0 aromatic rings. The summed E-state index contributed by atoms with van der Waals surface area (Å²) in [5.74, 6) is -0.917. The van der Waals surface area contributed by atoms with Gasteiger partial charge in [-0.1, -0.05) is 23.2 Å². The molecule has 2 nitrogen and oxygen atoms in total. The van der Waals surface area contributed by atoms with Gasteiger partial charge in [-0.05, 0) is 15.9 Å². The molecule has 1 rings (SSSR count). The lowest BCUT2D eigenvalue weighted by Gasteiger charge is -2.05. The summed E-state index contributed by atoms with van der Waals surface area (Å²) in [6.07, 6.45) is 0.997. The molecule has 0 saturated carbocycles. The summed E-state index contributed by atoms with van der Waals surface area (Å²) >= 11 is 13.7. The van der Waals surface area contributed by atoms with Crippen LogP contribution in [0.3, 0.4) is 0 Å². The number of hydrogen-bond acceptors (Lipinski definition) is 2. The topological polar surface area (TPSA) is 34.1 Å². The maximum absolute atomic E-state index is 10.9. The molecule has 0 unspecified atom stereocenters. The first kappa shape index (κ1) is 8.97. The van der Waals surface area contributed by atoms with Crippen molar-refractivity contribution in [1.82, 2.24) is 0 Å². The molecule has 0 aromatic heterocycles. The second kappa shape index (κ2) is 3.09. The van der Waals surface area contributed by atoms with E-state index in [1.807, 2.05) is 0 Å². The van der Waals surface area contributed by atoms with Crippen molar-refractivity contribution in [2.45, 2.75) is 0 Å². The van der Waals surface area contributed by atoms with Crippen LogP contribution < -0.4 is 0 Å². The van der Waals surface area contributed by atoms with Crippen LogP contribution in [0.15, 0.2) is 20.6 Å². The van der Waals surface area contributed by atoms with Gasteiger partial charge >= 0.3 is 0 Å². The monoisotopic (exact) mass is 254 g/mol. The molecule has 0 fully saturated rings. The van der Waals surface area contributed by atoms with Gasteiger partial charge in [-0.15, -0.1) is 0 Å². The van der Waals surface area contributed by atoms with Crippen molar-refractivity contribution in [3.05, 3.63) is 20.6 Å². The Labute approximate surface area is 81.0 Å². The Hall–Kier alpha value is -0.120. The van der Waals surface area contributed by atoms with Gasteiger partial charge in [0, 0.05) is 6.08 Å². The molecule has 0 spiro atoms. The number of halogens is 3. The second-order valence-corrected chi connectivity index (χ2v) is 3.39. The van der Waals surface area contributed by atoms with E-state index in [0.717, 1.165) is 6.08 Å². The van der Waals surface area contributed by atoms with E-state index >= 15 is 0 Å². The first-order valence-electron chi connectivity index (χ1n) is 2.55. The predicted octanol–water partition coefficient (Wildman–Crippen LogP) is 2.11. The summed E-state index contributed by atoms with van der Waals surface area (Å²) in [6.45, 7) is 0. The lowest BCUT2D eigenvalue weighted by Crippen LogP contribution is -2.10. The van der Waals surface area contributed by atoms with E-state index in [4.69, 9.17) is 23.2 Å². The van der Waals surface area contributed by atoms with E-state index < -0.39 is 11.6 Å². The molecule has 0 aromatic carbocycles. The molecule has 5 heteroatoms. The Kier molecular flexibility index (Phi) is 2.52. The zero-order chi connectivity index (χ0) is 8.59. The Bertz CT molecular complexity index is 304. The van der Waals surface area contributed by atoms with Crippen molar-refractivity contribution in [1.29, 1.82) is 0 Å². The van der Waals surface area contributed by atoms with Crippen molar-refractivity contribution in [3.63, 3.8) is 0 Å². The molecule has 0 heterocycles. The van der Waals surface area contributed by atoms with E-state index in [9.17, 15) is 9.59 Å². The Balaban J connectivity index is 3.19. The van der Waals surface area contributed by atoms with Gasteiger partial charge < -0.3 is 0 Å². The van der Waals surface area contributed by atoms with E-state index in [1.54, 1.807) is 0 Å². The quantitative estimate of drug-likeness (QED) is 0.622. The SMILES string of the molecule is O=C1C=C(Cl)C(=O)C(Br)=C1Cl. The van der Waals surface area contributed by atoms with Crippen molar-refractivity contribution in [3.8, 4) is 0 Å². The number of allylic oxidation sites excluding steroid dienone is 4. The minimum absolute atomic E-state index is 0.0247. The smallest absolute Gasteiger partial charge is 0.213 e. The Morgan fingerprint density at radius 3 is 2.36 bits per heavy atom. The van der Waals surface area contributed by atoms with Gasteiger partial charge in [0.15, 0.2) is 5.78 Å². The first-order chi connectivity index (χ1) is 5.04. The second-order valence-electron chi connectivity index (χ2n) is 1.81. The number of carbonyl (C=O) groups is 2. The number of rotatable bonds is 0. The highest BCUT2D eigenvalue weighted by atomic mass is 79.9. The van der Waals surface area contributed by atoms with Gasteiger partial charge in [-0.25, -0.2) is 0 Å². The molecule has 0 atom stereocenters. The summed E-state index contributed by atoms with van der Waals surface area (Å²) in [6, 6.07) is 0. The van der Waals surface area contributed by atoms with Crippen molar-refractivity contribution < 1.29 is 9.59 Å². The molecular weight excluding hydrogens is 255 g/mol. The maximum atomic E-state index is 10.9. The van der Waals surface area contributed by atoms with Gasteiger partial charge in [-0.3, -0.25) is 9.59 Å². The standard InChI is InChI=1S/C6HBrCl2O2/c7-4-5(9)3(10)1-2(8)6(4)11/h1H. The molecule has 0 amide bonds. The number of carbonyl (C=O) groups excluding carboxylic acids is 2. The van der Waals surface area contributed by atoms with E-state index in [-0.39, 0.29) is 14.5 Å². The van der Waals surface area contributed by atoms with Gasteiger partial charge in [0.2, 0.25) is 5.78 Å². The van der Waals surface area contributed by atoms with Crippen molar-refractivity contribution in [2.75, 3.05) is 0 Å². The minimum atomic E-state index is -0.462. The molecule has 11 heavy (non-hydrogen) atoms. The third-order valence-corrected chi connectivity index (χ3v) is 2.72. The summed E-state index contributed by atoms with van der Waals surface area (Å²) in [7, 11) is 0. The normalized spacial score (nSPS) is 19.0. The Morgan fingerprint density at radius 2 is 1.82 bits per heavy atom. The van der Waals surface area contributed by atoms with Crippen LogP contribution in [-0.4, -0.2) is 11.6 Å². The summed E-state index contributed by atoms with van der Waals surface area (Å²) in [4.78, 5) is 21.8. The van der Waals surface area contributed by atoms with Crippen LogP contribution in [0.5, 0.6) is 0 Å². The van der Waals surface area contributed by atoms with Gasteiger partial charge in [0.05, 0.1) is 9.51 Å². The number of hydrogen-bond donors (Lipinski definition) is 0. The highest BCUT2D eigenvalue weighted by molar-refractivity contribution is 9.12. The highest BCUT2D eigenvalue weighted by Crippen LogP contribution is 2.27. The zero-order valence-corrected chi connectivity index (χ0v) is 8.13. The molecule has 0 saturated heterocycles. The van der Waals surface area contributed by atoms with E-state index in [1.165, 1.54) is 0 Å². The third-order valence-electron chi connectivity index (χ3n) is 1.08. The minimum Gasteiger partial charge on any atom is -0.288 e. The molecule has 0 aliphatic heterocycles. The molecule has 0 bridgehead atoms. The van der Waals surface area contributed by atoms with Gasteiger partial charge in [0.1, 0.15) is 5.03 Å². The van der Waals surface area contributed by atoms with Crippen LogP contribution >= 0.6 is 39.1 Å². The van der Waals surface area contributed by atoms with Crippen LogP contribution in [0.4, 0.5) is 0 Å². The molecule has 1 aliphatic rings. The van der Waals surface area contributed by atoms with E-state index in [2.05, 4.69) is 15.9 Å². The van der Waals surface area contributed by atoms with Crippen LogP contribution in [0.2, 0.25) is 0 Å². The largest absolute Gasteiger partial charge is 0.288 e. The average Bonchev–Trinajstić information content (AvgIpc) is 1.97. The Morgan fingerprint density at radius 1 is 1.27 bits per heavy atom. The van der Waals surface area contributed by atoms with Crippen LogP contribution in [0.1, 0.15) is 0 Å². The van der Waals surface area contributed by atoms with Crippen LogP contribution in [0, 0.1) is 0 Å². The first-order valence-corrected chi connectivity index (χ1v) is 4.10. The molecule has 0 radical (unpaired) electrons. The number of Topliss-reactive ketones (excluding diaryl/α,β-unsaturated/α-hetero) is 1. The lowest BCUT2D eigenvalue weighted by molar-refractivity contribution is -0.114. The van der Waals surface area contributed by atoms with Gasteiger partial charge in [0.25, 0.3) is 0 Å². The maximum Gasteiger partial charge on any atom is 0.213 e. The van der Waals surface area contributed by atoms with Crippen LogP contribution in [0.25, 0.3) is 0 Å². The lowest BCUT2D eigenvalue weighted by atomic mass is 10.2. The van der Waals surface area contributed by atoms with Crippen molar-refractivity contribution in [2.24, 2.45) is 0 Å². The van der Waals surface area contributed by atoms with Crippen molar-refractivity contribution >= 4 is 50.7 Å². The molecule has 1 aliphatic carbocycles. The molecular formula is C6HBrCl2O2. The fraction of sp³-hybridized carbons (Fsp3) is 0. The number of ketones is 2. The summed E-state index contributed by atoms with van der Waals surface area (Å²) in [5, 5.41) is -0.245. The van der Waals surface area contributed by atoms with Crippen LogP contribution in [-0.2, 0) is 9.59 Å². The predicted molar refractivity (Wildman–Crippen MR) is 45.8 cm³/mol. The summed E-state index contributed by atoms with van der Waals surface area (Å²) in [5.41, 5.74) is 0. The fourth-order valence-corrected chi connectivity index (χ4v) is 1.41. The summed E-state index contributed by atoms with van der Waals surface area (Å²) < 4.78 is 0.0247.